The van der Waals surface area contributed by atoms with Gasteiger partial charge in [-0.25, -0.2) is 4.98 Å². The molecule has 0 saturated carbocycles. The Morgan fingerprint density at radius 2 is 1.79 bits per heavy atom. The molecule has 0 amide bonds. The highest BCUT2D eigenvalue weighted by Gasteiger charge is 2.49. The number of hydrogen-bond acceptors (Lipinski definition) is 4. The Morgan fingerprint density at radius 1 is 1.21 bits per heavy atom. The summed E-state index contributed by atoms with van der Waals surface area (Å²) in [6.07, 6.45) is 1.73. The van der Waals surface area contributed by atoms with E-state index in [9.17, 15) is 4.39 Å². The molecule has 6 heteroatoms. The van der Waals surface area contributed by atoms with Gasteiger partial charge >= 0.3 is 7.12 Å². The predicted octanol–water partition coefficient (Wildman–Crippen LogP) is 2.45. The van der Waals surface area contributed by atoms with Gasteiger partial charge in [0.15, 0.2) is 0 Å². The van der Waals surface area contributed by atoms with Crippen molar-refractivity contribution in [2.45, 2.75) is 38.9 Å². The van der Waals surface area contributed by atoms with Crippen molar-refractivity contribution in [3.8, 4) is 0 Å². The van der Waals surface area contributed by atoms with Gasteiger partial charge < -0.3 is 15.0 Å². The Labute approximate surface area is 113 Å². The van der Waals surface area contributed by atoms with Crippen LogP contribution in [0.2, 0.25) is 0 Å². The molecule has 4 nitrogen and oxygen atoms in total. The van der Waals surface area contributed by atoms with Gasteiger partial charge in [-0.05, 0) is 39.8 Å². The summed E-state index contributed by atoms with van der Waals surface area (Å²) >= 11 is 0. The van der Waals surface area contributed by atoms with Gasteiger partial charge in [-0.2, -0.15) is 4.39 Å². The molecule has 0 aliphatic carbocycles. The lowest BCUT2D eigenvalue weighted by Crippen LogP contribution is -2.41. The molecular weight excluding hydrogens is 246 g/mol. The fourth-order valence-corrected chi connectivity index (χ4v) is 1.75. The Hall–Kier alpha value is -1.40. The van der Waals surface area contributed by atoms with Crippen molar-refractivity contribution in [1.29, 1.82) is 0 Å². The lowest BCUT2D eigenvalue weighted by Gasteiger charge is -2.32. The first-order chi connectivity index (χ1) is 8.71. The van der Waals surface area contributed by atoms with Crippen LogP contribution >= 0.6 is 0 Å². The summed E-state index contributed by atoms with van der Waals surface area (Å²) < 4.78 is 24.4. The van der Waals surface area contributed by atoms with Crippen molar-refractivity contribution < 1.29 is 13.7 Å². The Balaban J connectivity index is 2.13. The summed E-state index contributed by atoms with van der Waals surface area (Å²) in [5.74, 6) is 1.31. The quantitative estimate of drug-likeness (QED) is 0.658. The minimum absolute atomic E-state index is 0.146. The molecule has 1 aliphatic heterocycles. The molecule has 0 aromatic carbocycles. The lowest BCUT2D eigenvalue weighted by atomic mass is 9.89. The molecule has 2 heterocycles. The number of rotatable bonds is 2. The minimum atomic E-state index is -0.592. The second kappa shape index (κ2) is 4.61. The number of nitrogens with two attached hydrogens (primary N) is 1. The first-order valence-corrected chi connectivity index (χ1v) is 6.17. The molecule has 1 fully saturated rings. The van der Waals surface area contributed by atoms with E-state index in [4.69, 9.17) is 15.0 Å². The zero-order valence-electron chi connectivity index (χ0n) is 11.6. The van der Waals surface area contributed by atoms with Crippen LogP contribution in [0.4, 0.5) is 10.2 Å². The first-order valence-electron chi connectivity index (χ1n) is 6.17. The third-order valence-corrected chi connectivity index (χ3v) is 3.63. The van der Waals surface area contributed by atoms with Gasteiger partial charge in [0, 0.05) is 5.56 Å². The number of nitrogens with zero attached hydrogens (tertiary/aromatic N) is 1. The SMILES string of the molecule is CC1(C)OB(/C=C/c2ccc(F)nc2N)OC1(C)C. The van der Waals surface area contributed by atoms with Crippen LogP contribution in [-0.2, 0) is 9.31 Å². The number of aromatic nitrogens is 1. The van der Waals surface area contributed by atoms with Crippen LogP contribution in [0, 0.1) is 5.95 Å². The predicted molar refractivity (Wildman–Crippen MR) is 73.7 cm³/mol. The molecule has 19 heavy (non-hydrogen) atoms. The lowest BCUT2D eigenvalue weighted by molar-refractivity contribution is 0.00578. The average molecular weight is 264 g/mol. The largest absolute Gasteiger partial charge is 0.487 e. The fourth-order valence-electron chi connectivity index (χ4n) is 1.75. The van der Waals surface area contributed by atoms with Gasteiger partial charge in [-0.3, -0.25) is 0 Å². The maximum Gasteiger partial charge on any atom is 0.487 e. The van der Waals surface area contributed by atoms with Gasteiger partial charge in [0.25, 0.3) is 0 Å². The molecule has 2 N–H and O–H groups in total. The van der Waals surface area contributed by atoms with Crippen molar-refractivity contribution in [2.75, 3.05) is 5.73 Å². The van der Waals surface area contributed by atoms with Crippen molar-refractivity contribution in [1.82, 2.24) is 4.98 Å². The van der Waals surface area contributed by atoms with Gasteiger partial charge in [-0.15, -0.1) is 0 Å². The van der Waals surface area contributed by atoms with Gasteiger partial charge in [0.2, 0.25) is 5.95 Å². The minimum Gasteiger partial charge on any atom is -0.400 e. The number of nitrogen functional groups attached to an aromatic ring is 1. The maximum atomic E-state index is 12.8. The first kappa shape index (κ1) is 14.0. The molecule has 1 aliphatic rings. The van der Waals surface area contributed by atoms with Crippen molar-refractivity contribution in [2.24, 2.45) is 0 Å². The summed E-state index contributed by atoms with van der Waals surface area (Å²) in [5.41, 5.74) is 5.50. The highest BCUT2D eigenvalue weighted by molar-refractivity contribution is 6.52. The third-order valence-electron chi connectivity index (χ3n) is 3.63. The van der Waals surface area contributed by atoms with E-state index in [1.807, 2.05) is 27.7 Å². The zero-order valence-corrected chi connectivity index (χ0v) is 11.6. The van der Waals surface area contributed by atoms with Crippen LogP contribution < -0.4 is 5.73 Å². The average Bonchev–Trinajstić information content (AvgIpc) is 2.46. The number of hydrogen-bond donors (Lipinski definition) is 1. The standard InChI is InChI=1S/C13H18BFN2O2/c1-12(2)13(3,4)19-14(18-12)8-7-9-5-6-10(15)17-11(9)16/h5-8H,1-4H3,(H2,16,17)/b8-7+. The molecular formula is C13H18BFN2O2. The summed E-state index contributed by atoms with van der Waals surface area (Å²) in [6, 6.07) is 2.83. The summed E-state index contributed by atoms with van der Waals surface area (Å²) in [7, 11) is -0.450. The highest BCUT2D eigenvalue weighted by Crippen LogP contribution is 2.37. The fraction of sp³-hybridized carbons (Fsp3) is 0.462. The smallest absolute Gasteiger partial charge is 0.400 e. The van der Waals surface area contributed by atoms with E-state index in [1.165, 1.54) is 6.07 Å². The number of halogens is 1. The summed E-state index contributed by atoms with van der Waals surface area (Å²) in [4.78, 5) is 3.55. The summed E-state index contributed by atoms with van der Waals surface area (Å²) in [5, 5.41) is 0. The Morgan fingerprint density at radius 3 is 2.32 bits per heavy atom. The topological polar surface area (TPSA) is 57.4 Å². The molecule has 102 valence electrons. The van der Waals surface area contributed by atoms with E-state index in [-0.39, 0.29) is 17.0 Å². The van der Waals surface area contributed by atoms with Gasteiger partial charge in [0.1, 0.15) is 5.82 Å². The molecule has 1 saturated heterocycles. The molecule has 0 atom stereocenters. The highest BCUT2D eigenvalue weighted by atomic mass is 19.1. The van der Waals surface area contributed by atoms with Gasteiger partial charge in [0.05, 0.1) is 11.2 Å². The van der Waals surface area contributed by atoms with Crippen LogP contribution in [0.3, 0.4) is 0 Å². The molecule has 0 bridgehead atoms. The van der Waals surface area contributed by atoms with Crippen LogP contribution in [0.15, 0.2) is 18.1 Å². The molecule has 0 spiro atoms. The third kappa shape index (κ3) is 2.79. The maximum absolute atomic E-state index is 12.8. The van der Waals surface area contributed by atoms with Crippen molar-refractivity contribution >= 4 is 19.0 Å². The van der Waals surface area contributed by atoms with E-state index < -0.39 is 13.1 Å². The Bertz CT molecular complexity index is 501. The second-order valence-electron chi connectivity index (χ2n) is 5.59. The summed E-state index contributed by atoms with van der Waals surface area (Å²) in [6.45, 7) is 7.92. The Kier molecular flexibility index (Phi) is 3.41. The van der Waals surface area contributed by atoms with E-state index in [2.05, 4.69) is 4.98 Å². The van der Waals surface area contributed by atoms with Crippen LogP contribution in [0.1, 0.15) is 33.3 Å². The van der Waals surface area contributed by atoms with Crippen molar-refractivity contribution in [3.63, 3.8) is 0 Å². The van der Waals surface area contributed by atoms with Crippen LogP contribution in [0.5, 0.6) is 0 Å². The molecule has 1 aromatic heterocycles. The molecule has 0 unspecified atom stereocenters. The normalized spacial score (nSPS) is 21.2. The number of pyridine rings is 1. The van der Waals surface area contributed by atoms with E-state index in [1.54, 1.807) is 18.1 Å². The van der Waals surface area contributed by atoms with Crippen molar-refractivity contribution in [3.05, 3.63) is 29.6 Å². The number of anilines is 1. The van der Waals surface area contributed by atoms with E-state index in [0.29, 0.717) is 5.56 Å². The van der Waals surface area contributed by atoms with Crippen LogP contribution in [-0.4, -0.2) is 23.3 Å². The second-order valence-corrected chi connectivity index (χ2v) is 5.59. The monoisotopic (exact) mass is 264 g/mol. The molecule has 2 rings (SSSR count). The van der Waals surface area contributed by atoms with Crippen LogP contribution in [0.25, 0.3) is 6.08 Å². The molecule has 1 aromatic rings. The van der Waals surface area contributed by atoms with Gasteiger partial charge in [-0.1, -0.05) is 12.1 Å². The zero-order chi connectivity index (χ0) is 14.3. The van der Waals surface area contributed by atoms with E-state index in [0.717, 1.165) is 0 Å². The van der Waals surface area contributed by atoms with E-state index >= 15 is 0 Å². The molecule has 0 radical (unpaired) electrons.